The molecule has 2 atom stereocenters. The SMILES string of the molecule is COc1cccc(-c2cc(C(F)(F)F)n3ncc(C(=O)N4C[C@]5(C)C[C@H]4CC(C)(C)C5)c3n2)c1. The standard InChI is InChI=1S/C25H27F3N4O2/c1-23(2)10-16-11-24(3,13-23)14-31(16)22(33)18-12-29-32-20(25(26,27)28)9-19(30-21(18)32)15-6-5-7-17(8-15)34-4/h5-9,12,16H,10-11,13-14H2,1-4H3/t16-,24-/m1/s1. The van der Waals surface area contributed by atoms with Gasteiger partial charge in [-0.2, -0.15) is 18.3 Å². The summed E-state index contributed by atoms with van der Waals surface area (Å²) in [6.45, 7) is 7.18. The molecule has 1 saturated carbocycles. The maximum Gasteiger partial charge on any atom is 0.433 e. The zero-order chi connectivity index (χ0) is 24.5. The summed E-state index contributed by atoms with van der Waals surface area (Å²) in [5.74, 6) is 0.183. The average molecular weight is 473 g/mol. The first-order valence-corrected chi connectivity index (χ1v) is 11.3. The van der Waals surface area contributed by atoms with E-state index in [1.165, 1.54) is 13.3 Å². The molecule has 2 aliphatic rings. The van der Waals surface area contributed by atoms with Gasteiger partial charge in [0.2, 0.25) is 0 Å². The quantitative estimate of drug-likeness (QED) is 0.508. The molecular weight excluding hydrogens is 445 g/mol. The van der Waals surface area contributed by atoms with Gasteiger partial charge >= 0.3 is 6.18 Å². The Morgan fingerprint density at radius 2 is 1.94 bits per heavy atom. The maximum atomic E-state index is 14.0. The van der Waals surface area contributed by atoms with E-state index in [1.54, 1.807) is 24.3 Å². The van der Waals surface area contributed by atoms with Crippen molar-refractivity contribution in [2.75, 3.05) is 13.7 Å². The van der Waals surface area contributed by atoms with Crippen molar-refractivity contribution in [1.29, 1.82) is 0 Å². The summed E-state index contributed by atoms with van der Waals surface area (Å²) >= 11 is 0. The van der Waals surface area contributed by atoms with Crippen LogP contribution >= 0.6 is 0 Å². The number of nitrogens with zero attached hydrogens (tertiary/aromatic N) is 4. The van der Waals surface area contributed by atoms with Crippen LogP contribution in [-0.2, 0) is 6.18 Å². The van der Waals surface area contributed by atoms with Crippen LogP contribution in [0.2, 0.25) is 0 Å². The molecule has 0 N–H and O–H groups in total. The van der Waals surface area contributed by atoms with Crippen LogP contribution in [0.15, 0.2) is 36.5 Å². The molecule has 0 unspecified atom stereocenters. The third kappa shape index (κ3) is 3.80. The van der Waals surface area contributed by atoms with Crippen molar-refractivity contribution in [3.63, 3.8) is 0 Å². The van der Waals surface area contributed by atoms with Gasteiger partial charge in [-0.05, 0) is 48.3 Å². The number of alkyl halides is 3. The van der Waals surface area contributed by atoms with Gasteiger partial charge in [0.05, 0.1) is 19.0 Å². The molecule has 3 aromatic rings. The first-order valence-electron chi connectivity index (χ1n) is 11.3. The van der Waals surface area contributed by atoms with E-state index < -0.39 is 11.9 Å². The largest absolute Gasteiger partial charge is 0.497 e. The Kier molecular flexibility index (Phi) is 4.97. The van der Waals surface area contributed by atoms with E-state index in [4.69, 9.17) is 4.74 Å². The van der Waals surface area contributed by atoms with Crippen molar-refractivity contribution >= 4 is 11.6 Å². The van der Waals surface area contributed by atoms with Crippen molar-refractivity contribution in [3.8, 4) is 17.0 Å². The van der Waals surface area contributed by atoms with Gasteiger partial charge in [0.1, 0.15) is 11.3 Å². The van der Waals surface area contributed by atoms with Gasteiger partial charge in [0, 0.05) is 18.2 Å². The Labute approximate surface area is 195 Å². The number of benzene rings is 1. The second kappa shape index (κ2) is 7.45. The average Bonchev–Trinajstić information content (AvgIpc) is 3.28. The molecule has 3 heterocycles. The van der Waals surface area contributed by atoms with E-state index in [9.17, 15) is 18.0 Å². The predicted octanol–water partition coefficient (Wildman–Crippen LogP) is 5.46. The lowest BCUT2D eigenvalue weighted by Crippen LogP contribution is -2.37. The third-order valence-electron chi connectivity index (χ3n) is 7.03. The molecule has 2 aromatic heterocycles. The van der Waals surface area contributed by atoms with Crippen LogP contribution < -0.4 is 4.74 Å². The first kappa shape index (κ1) is 22.7. The van der Waals surface area contributed by atoms with Crippen LogP contribution in [0.1, 0.15) is 56.1 Å². The Bertz CT molecular complexity index is 1280. The smallest absolute Gasteiger partial charge is 0.433 e. The van der Waals surface area contributed by atoms with E-state index in [0.29, 0.717) is 17.9 Å². The molecule has 34 heavy (non-hydrogen) atoms. The molecule has 0 radical (unpaired) electrons. The number of carbonyl (C=O) groups is 1. The lowest BCUT2D eigenvalue weighted by atomic mass is 9.65. The Balaban J connectivity index is 1.62. The van der Waals surface area contributed by atoms with Gasteiger partial charge in [-0.25, -0.2) is 9.50 Å². The van der Waals surface area contributed by atoms with Gasteiger partial charge in [-0.15, -0.1) is 0 Å². The molecule has 1 saturated heterocycles. The van der Waals surface area contributed by atoms with E-state index >= 15 is 0 Å². The monoisotopic (exact) mass is 472 g/mol. The summed E-state index contributed by atoms with van der Waals surface area (Å²) in [6.07, 6.45) is -0.694. The highest BCUT2D eigenvalue weighted by atomic mass is 19.4. The number of amides is 1. The molecule has 1 aliphatic carbocycles. The lowest BCUT2D eigenvalue weighted by Gasteiger charge is -2.39. The molecule has 6 nitrogen and oxygen atoms in total. The molecule has 180 valence electrons. The van der Waals surface area contributed by atoms with E-state index in [0.717, 1.165) is 29.8 Å². The number of likely N-dealkylation sites (tertiary alicyclic amines) is 1. The molecule has 5 rings (SSSR count). The van der Waals surface area contributed by atoms with Crippen LogP contribution in [0, 0.1) is 10.8 Å². The summed E-state index contributed by atoms with van der Waals surface area (Å²) in [5, 5.41) is 3.94. The molecule has 1 amide bonds. The van der Waals surface area contributed by atoms with Crippen LogP contribution in [0.3, 0.4) is 0 Å². The predicted molar refractivity (Wildman–Crippen MR) is 121 cm³/mol. The highest BCUT2D eigenvalue weighted by molar-refractivity contribution is 6.00. The summed E-state index contributed by atoms with van der Waals surface area (Å²) < 4.78 is 47.9. The molecule has 1 aromatic carbocycles. The molecule has 1 aliphatic heterocycles. The topological polar surface area (TPSA) is 59.7 Å². The van der Waals surface area contributed by atoms with E-state index in [2.05, 4.69) is 30.9 Å². The zero-order valence-corrected chi connectivity index (χ0v) is 19.6. The fraction of sp³-hybridized carbons (Fsp3) is 0.480. The number of halogens is 3. The minimum absolute atomic E-state index is 0.00134. The number of ether oxygens (including phenoxy) is 1. The minimum Gasteiger partial charge on any atom is -0.497 e. The second-order valence-electron chi connectivity index (χ2n) is 10.7. The van der Waals surface area contributed by atoms with Gasteiger partial charge in [-0.1, -0.05) is 32.9 Å². The minimum atomic E-state index is -4.68. The molecular formula is C25H27F3N4O2. The molecule has 2 fully saturated rings. The number of hydrogen-bond donors (Lipinski definition) is 0. The van der Waals surface area contributed by atoms with Crippen molar-refractivity contribution in [3.05, 3.63) is 47.8 Å². The lowest BCUT2D eigenvalue weighted by molar-refractivity contribution is -0.142. The van der Waals surface area contributed by atoms with E-state index in [-0.39, 0.29) is 39.7 Å². The molecule has 0 spiro atoms. The second-order valence-corrected chi connectivity index (χ2v) is 10.7. The number of fused-ring (bicyclic) bond motifs is 3. The highest BCUT2D eigenvalue weighted by Crippen LogP contribution is 2.52. The number of carbonyl (C=O) groups excluding carboxylic acids is 1. The normalized spacial score (nSPS) is 24.0. The van der Waals surface area contributed by atoms with Crippen molar-refractivity contribution in [2.24, 2.45) is 10.8 Å². The maximum absolute atomic E-state index is 14.0. The van der Waals surface area contributed by atoms with Crippen LogP contribution in [0.4, 0.5) is 13.2 Å². The number of hydrogen-bond acceptors (Lipinski definition) is 4. The Hall–Kier alpha value is -3.10. The number of rotatable bonds is 3. The number of methoxy groups -OCH3 is 1. The highest BCUT2D eigenvalue weighted by Gasteiger charge is 2.51. The summed E-state index contributed by atoms with van der Waals surface area (Å²) in [7, 11) is 1.48. The molecule has 9 heteroatoms. The van der Waals surface area contributed by atoms with Gasteiger partial charge in [0.25, 0.3) is 5.91 Å². The summed E-state index contributed by atoms with van der Waals surface area (Å²) in [4.78, 5) is 20.0. The Morgan fingerprint density at radius 3 is 2.65 bits per heavy atom. The third-order valence-corrected chi connectivity index (χ3v) is 7.03. The van der Waals surface area contributed by atoms with Crippen LogP contribution in [0.25, 0.3) is 16.9 Å². The van der Waals surface area contributed by atoms with Crippen molar-refractivity contribution < 1.29 is 22.7 Å². The van der Waals surface area contributed by atoms with Gasteiger partial charge < -0.3 is 9.64 Å². The summed E-state index contributed by atoms with van der Waals surface area (Å²) in [6, 6.07) is 7.67. The van der Waals surface area contributed by atoms with E-state index in [1.807, 2.05) is 4.90 Å². The van der Waals surface area contributed by atoms with Crippen LogP contribution in [0.5, 0.6) is 5.75 Å². The summed E-state index contributed by atoms with van der Waals surface area (Å²) in [5.41, 5.74) is -0.328. The molecule has 2 bridgehead atoms. The zero-order valence-electron chi connectivity index (χ0n) is 19.6. The van der Waals surface area contributed by atoms with Crippen molar-refractivity contribution in [1.82, 2.24) is 19.5 Å². The number of aromatic nitrogens is 3. The van der Waals surface area contributed by atoms with Crippen molar-refractivity contribution in [2.45, 2.75) is 52.3 Å². The first-order chi connectivity index (χ1) is 15.9. The fourth-order valence-electron chi connectivity index (χ4n) is 6.10. The fourth-order valence-corrected chi connectivity index (χ4v) is 6.10. The van der Waals surface area contributed by atoms with Gasteiger partial charge in [0.15, 0.2) is 11.3 Å². The van der Waals surface area contributed by atoms with Crippen LogP contribution in [-0.4, -0.2) is 45.1 Å². The van der Waals surface area contributed by atoms with Gasteiger partial charge in [-0.3, -0.25) is 4.79 Å². The Morgan fingerprint density at radius 1 is 1.18 bits per heavy atom.